The van der Waals surface area contributed by atoms with Gasteiger partial charge in [-0.3, -0.25) is 14.6 Å². The summed E-state index contributed by atoms with van der Waals surface area (Å²) in [6.45, 7) is 0. The Labute approximate surface area is 191 Å². The van der Waals surface area contributed by atoms with Crippen LogP contribution in [0.4, 0.5) is 16.2 Å². The van der Waals surface area contributed by atoms with Crippen molar-refractivity contribution in [1.29, 1.82) is 0 Å². The number of nitrogens with one attached hydrogen (secondary N) is 2. The van der Waals surface area contributed by atoms with Crippen LogP contribution in [0.25, 0.3) is 11.1 Å². The van der Waals surface area contributed by atoms with E-state index in [0.717, 1.165) is 24.0 Å². The van der Waals surface area contributed by atoms with E-state index in [1.165, 1.54) is 0 Å². The number of hydrogen-bond donors (Lipinski definition) is 3. The predicted molar refractivity (Wildman–Crippen MR) is 126 cm³/mol. The SMILES string of the molecule is O=C(Nc1ccc(-c2ccc(C(=O)[C@@H]3CCCCC3C(=O)O)cc2)cc1)Nc1cccnc1. The molecule has 33 heavy (non-hydrogen) atoms. The lowest BCUT2D eigenvalue weighted by atomic mass is 9.75. The highest BCUT2D eigenvalue weighted by atomic mass is 16.4. The first-order valence-corrected chi connectivity index (χ1v) is 11.0. The maximum atomic E-state index is 12.9. The van der Waals surface area contributed by atoms with E-state index in [2.05, 4.69) is 15.6 Å². The number of aromatic nitrogens is 1. The Bertz CT molecular complexity index is 1130. The number of carboxylic acids is 1. The number of pyridine rings is 1. The number of Topliss-reactive ketones (excluding diaryl/α,β-unsaturated/α-hetero) is 1. The van der Waals surface area contributed by atoms with Crippen LogP contribution < -0.4 is 10.6 Å². The van der Waals surface area contributed by atoms with Crippen LogP contribution in [0.15, 0.2) is 73.1 Å². The van der Waals surface area contributed by atoms with Crippen LogP contribution in [-0.4, -0.2) is 27.9 Å². The number of carbonyl (C=O) groups is 3. The molecule has 1 fully saturated rings. The average Bonchev–Trinajstić information content (AvgIpc) is 2.85. The second kappa shape index (κ2) is 10.1. The van der Waals surface area contributed by atoms with E-state index in [4.69, 9.17) is 0 Å². The summed E-state index contributed by atoms with van der Waals surface area (Å²) in [7, 11) is 0. The van der Waals surface area contributed by atoms with E-state index >= 15 is 0 Å². The number of hydrogen-bond acceptors (Lipinski definition) is 4. The van der Waals surface area contributed by atoms with Crippen molar-refractivity contribution < 1.29 is 19.5 Å². The molecule has 3 N–H and O–H groups in total. The first-order chi connectivity index (χ1) is 16.0. The number of anilines is 2. The summed E-state index contributed by atoms with van der Waals surface area (Å²) in [6, 6.07) is 17.8. The predicted octanol–water partition coefficient (Wildman–Crippen LogP) is 5.47. The standard InChI is InChI=1S/C26H25N3O4/c30-24(22-5-1-2-6-23(22)25(31)32)19-9-7-17(8-10-19)18-11-13-20(14-12-18)28-26(33)29-21-4-3-15-27-16-21/h3-4,7-16,22-23H,1-2,5-6H2,(H,31,32)(H2,28,29,33)/t22-,23?/m1/s1. The summed E-state index contributed by atoms with van der Waals surface area (Å²) in [5.74, 6) is -2.02. The van der Waals surface area contributed by atoms with Crippen LogP contribution in [0.5, 0.6) is 0 Å². The fraction of sp³-hybridized carbons (Fsp3) is 0.231. The van der Waals surface area contributed by atoms with Crippen LogP contribution in [-0.2, 0) is 4.79 Å². The molecule has 4 rings (SSSR count). The van der Waals surface area contributed by atoms with Gasteiger partial charge in [-0.15, -0.1) is 0 Å². The fourth-order valence-corrected chi connectivity index (χ4v) is 4.26. The molecule has 0 radical (unpaired) electrons. The summed E-state index contributed by atoms with van der Waals surface area (Å²) >= 11 is 0. The first-order valence-electron chi connectivity index (χ1n) is 11.0. The highest BCUT2D eigenvalue weighted by Gasteiger charge is 2.35. The van der Waals surface area contributed by atoms with E-state index in [1.807, 2.05) is 24.3 Å². The van der Waals surface area contributed by atoms with E-state index in [9.17, 15) is 19.5 Å². The quantitative estimate of drug-likeness (QED) is 0.438. The Morgan fingerprint density at radius 2 is 1.39 bits per heavy atom. The number of rotatable bonds is 6. The highest BCUT2D eigenvalue weighted by Crippen LogP contribution is 2.33. The number of urea groups is 1. The number of carboxylic acid groups (broad SMARTS) is 1. The van der Waals surface area contributed by atoms with Gasteiger partial charge in [0.2, 0.25) is 0 Å². The van der Waals surface area contributed by atoms with Gasteiger partial charge in [-0.2, -0.15) is 0 Å². The molecule has 0 bridgehead atoms. The number of ketones is 1. The first kappa shape index (κ1) is 22.2. The van der Waals surface area contributed by atoms with Gasteiger partial charge in [-0.1, -0.05) is 49.2 Å². The van der Waals surface area contributed by atoms with Crippen molar-refractivity contribution in [1.82, 2.24) is 4.98 Å². The van der Waals surface area contributed by atoms with E-state index in [0.29, 0.717) is 29.8 Å². The molecule has 0 saturated heterocycles. The molecule has 1 aromatic heterocycles. The number of nitrogens with zero attached hydrogens (tertiary/aromatic N) is 1. The van der Waals surface area contributed by atoms with Crippen molar-refractivity contribution in [2.45, 2.75) is 25.7 Å². The Morgan fingerprint density at radius 1 is 0.788 bits per heavy atom. The summed E-state index contributed by atoms with van der Waals surface area (Å²) in [5.41, 5.74) is 3.65. The highest BCUT2D eigenvalue weighted by molar-refractivity contribution is 6.01. The molecule has 0 aliphatic heterocycles. The second-order valence-corrected chi connectivity index (χ2v) is 8.18. The molecule has 168 valence electrons. The van der Waals surface area contributed by atoms with Gasteiger partial charge in [-0.25, -0.2) is 4.79 Å². The van der Waals surface area contributed by atoms with Gasteiger partial charge in [-0.05, 0) is 48.2 Å². The maximum absolute atomic E-state index is 12.9. The summed E-state index contributed by atoms with van der Waals surface area (Å²) < 4.78 is 0. The number of aliphatic carboxylic acids is 1. The van der Waals surface area contributed by atoms with Gasteiger partial charge < -0.3 is 15.7 Å². The van der Waals surface area contributed by atoms with Crippen LogP contribution >= 0.6 is 0 Å². The topological polar surface area (TPSA) is 108 Å². The summed E-state index contributed by atoms with van der Waals surface area (Å²) in [4.78, 5) is 40.5. The minimum Gasteiger partial charge on any atom is -0.481 e. The Hall–Kier alpha value is -4.00. The van der Waals surface area contributed by atoms with E-state index in [-0.39, 0.29) is 11.8 Å². The monoisotopic (exact) mass is 443 g/mol. The zero-order chi connectivity index (χ0) is 23.2. The van der Waals surface area contributed by atoms with Gasteiger partial charge in [0.1, 0.15) is 0 Å². The molecule has 2 aromatic carbocycles. The average molecular weight is 444 g/mol. The Morgan fingerprint density at radius 3 is 2.00 bits per heavy atom. The van der Waals surface area contributed by atoms with E-state index in [1.54, 1.807) is 48.8 Å². The van der Waals surface area contributed by atoms with Gasteiger partial charge >= 0.3 is 12.0 Å². The molecule has 1 aliphatic carbocycles. The third-order valence-electron chi connectivity index (χ3n) is 5.98. The van der Waals surface area contributed by atoms with Gasteiger partial charge in [0.15, 0.2) is 5.78 Å². The third kappa shape index (κ3) is 5.44. The number of carbonyl (C=O) groups excluding carboxylic acids is 2. The molecule has 0 spiro atoms. The number of benzene rings is 2. The Kier molecular flexibility index (Phi) is 6.78. The normalized spacial score (nSPS) is 17.7. The van der Waals surface area contributed by atoms with Crippen molar-refractivity contribution in [3.63, 3.8) is 0 Å². The summed E-state index contributed by atoms with van der Waals surface area (Å²) in [5, 5.41) is 14.9. The zero-order valence-electron chi connectivity index (χ0n) is 18.0. The Balaban J connectivity index is 1.40. The molecular weight excluding hydrogens is 418 g/mol. The van der Waals surface area contributed by atoms with Crippen molar-refractivity contribution in [3.8, 4) is 11.1 Å². The van der Waals surface area contributed by atoms with Crippen LogP contribution in [0, 0.1) is 11.8 Å². The molecule has 1 unspecified atom stereocenters. The lowest BCUT2D eigenvalue weighted by Gasteiger charge is -2.27. The number of amides is 2. The van der Waals surface area contributed by atoms with Crippen molar-refractivity contribution in [3.05, 3.63) is 78.6 Å². The minimum atomic E-state index is -0.882. The summed E-state index contributed by atoms with van der Waals surface area (Å²) in [6.07, 6.45) is 6.12. The lowest BCUT2D eigenvalue weighted by Crippen LogP contribution is -2.32. The van der Waals surface area contributed by atoms with Gasteiger partial charge in [0, 0.05) is 23.4 Å². The zero-order valence-corrected chi connectivity index (χ0v) is 18.0. The molecular formula is C26H25N3O4. The lowest BCUT2D eigenvalue weighted by molar-refractivity contribution is -0.144. The maximum Gasteiger partial charge on any atom is 0.323 e. The van der Waals surface area contributed by atoms with Gasteiger partial charge in [0.05, 0.1) is 17.8 Å². The van der Waals surface area contributed by atoms with Crippen LogP contribution in [0.2, 0.25) is 0 Å². The molecule has 7 heteroatoms. The molecule has 1 aliphatic rings. The van der Waals surface area contributed by atoms with E-state index < -0.39 is 17.8 Å². The van der Waals surface area contributed by atoms with Crippen molar-refractivity contribution in [2.24, 2.45) is 11.8 Å². The van der Waals surface area contributed by atoms with Crippen molar-refractivity contribution >= 4 is 29.2 Å². The second-order valence-electron chi connectivity index (χ2n) is 8.18. The third-order valence-corrected chi connectivity index (χ3v) is 5.98. The molecule has 1 saturated carbocycles. The fourth-order valence-electron chi connectivity index (χ4n) is 4.26. The minimum absolute atomic E-state index is 0.0900. The molecule has 3 aromatic rings. The van der Waals surface area contributed by atoms with Gasteiger partial charge in [0.25, 0.3) is 0 Å². The molecule has 1 heterocycles. The molecule has 2 amide bonds. The molecule has 2 atom stereocenters. The molecule has 7 nitrogen and oxygen atoms in total. The largest absolute Gasteiger partial charge is 0.481 e. The van der Waals surface area contributed by atoms with Crippen molar-refractivity contribution in [2.75, 3.05) is 10.6 Å². The smallest absolute Gasteiger partial charge is 0.323 e. The van der Waals surface area contributed by atoms with Crippen LogP contribution in [0.1, 0.15) is 36.0 Å². The van der Waals surface area contributed by atoms with Crippen LogP contribution in [0.3, 0.4) is 0 Å².